The molecule has 0 unspecified atom stereocenters. The summed E-state index contributed by atoms with van der Waals surface area (Å²) >= 11 is 3.54. The van der Waals surface area contributed by atoms with Crippen molar-refractivity contribution in [1.29, 1.82) is 0 Å². The van der Waals surface area contributed by atoms with Crippen molar-refractivity contribution < 1.29 is 9.53 Å². The molecule has 0 N–H and O–H groups in total. The molecule has 2 fully saturated rings. The second-order valence-electron chi connectivity index (χ2n) is 9.69. The Morgan fingerprint density at radius 2 is 1.69 bits per heavy atom. The van der Waals surface area contributed by atoms with Gasteiger partial charge in [0, 0.05) is 67.0 Å². The number of carbonyl (C=O) groups excluding carboxylic acids is 1. The molecule has 0 bridgehead atoms. The Kier molecular flexibility index (Phi) is 7.63. The fraction of sp³-hybridized carbons (Fsp3) is 0.464. The first-order chi connectivity index (χ1) is 17.1. The van der Waals surface area contributed by atoms with E-state index in [2.05, 4.69) is 56.1 Å². The highest BCUT2D eigenvalue weighted by Gasteiger charge is 2.25. The van der Waals surface area contributed by atoms with Crippen molar-refractivity contribution in [2.75, 3.05) is 57.3 Å². The first kappa shape index (κ1) is 24.2. The minimum absolute atomic E-state index is 0.113. The van der Waals surface area contributed by atoms with Gasteiger partial charge in [0.2, 0.25) is 0 Å². The molecule has 0 aliphatic carbocycles. The van der Waals surface area contributed by atoms with Gasteiger partial charge in [-0.25, -0.2) is 0 Å². The lowest BCUT2D eigenvalue weighted by Crippen LogP contribution is -2.48. The number of fused-ring (bicyclic) bond motifs is 1. The summed E-state index contributed by atoms with van der Waals surface area (Å²) in [6, 6.07) is 14.5. The number of ether oxygens (including phenoxy) is 1. The summed E-state index contributed by atoms with van der Waals surface area (Å²) in [5.41, 5.74) is 3.04. The maximum Gasteiger partial charge on any atom is 0.256 e. The molecule has 0 saturated carbocycles. The maximum atomic E-state index is 13.3. The number of nitrogens with zero attached hydrogens (tertiary/aromatic N) is 4. The number of hydrogen-bond acceptors (Lipinski definition) is 4. The van der Waals surface area contributed by atoms with Gasteiger partial charge in [-0.1, -0.05) is 22.4 Å². The largest absolute Gasteiger partial charge is 0.494 e. The summed E-state index contributed by atoms with van der Waals surface area (Å²) in [6.07, 6.45) is 7.09. The molecule has 2 aliphatic rings. The number of benzene rings is 2. The van der Waals surface area contributed by atoms with Crippen molar-refractivity contribution in [2.45, 2.75) is 25.7 Å². The van der Waals surface area contributed by atoms with Gasteiger partial charge in [0.1, 0.15) is 5.75 Å². The van der Waals surface area contributed by atoms with Crippen molar-refractivity contribution >= 4 is 38.4 Å². The smallest absolute Gasteiger partial charge is 0.256 e. The molecule has 6 nitrogen and oxygen atoms in total. The van der Waals surface area contributed by atoms with Crippen molar-refractivity contribution in [3.63, 3.8) is 0 Å². The molecule has 7 heteroatoms. The van der Waals surface area contributed by atoms with E-state index >= 15 is 0 Å². The Bertz CT molecular complexity index is 1150. The molecular formula is C28H35BrN4O2. The zero-order valence-electron chi connectivity index (χ0n) is 20.6. The number of aryl methyl sites for hydroxylation is 1. The molecule has 2 saturated heterocycles. The number of rotatable bonds is 7. The predicted octanol–water partition coefficient (Wildman–Crippen LogP) is 5.16. The third-order valence-electron chi connectivity index (χ3n) is 7.29. The molecular weight excluding hydrogens is 504 g/mol. The van der Waals surface area contributed by atoms with E-state index in [9.17, 15) is 4.79 Å². The molecule has 5 rings (SSSR count). The van der Waals surface area contributed by atoms with Crippen LogP contribution < -0.4 is 9.64 Å². The third-order valence-corrected chi connectivity index (χ3v) is 7.78. The van der Waals surface area contributed by atoms with Gasteiger partial charge in [-0.15, -0.1) is 0 Å². The molecule has 186 valence electrons. The summed E-state index contributed by atoms with van der Waals surface area (Å²) in [6.45, 7) is 7.49. The quantitative estimate of drug-likeness (QED) is 0.389. The fourth-order valence-corrected chi connectivity index (χ4v) is 5.65. The zero-order valence-corrected chi connectivity index (χ0v) is 22.2. The molecule has 0 radical (unpaired) electrons. The van der Waals surface area contributed by atoms with E-state index in [1.54, 1.807) is 0 Å². The number of piperidine rings is 1. The highest BCUT2D eigenvalue weighted by Crippen LogP contribution is 2.27. The van der Waals surface area contributed by atoms with Crippen LogP contribution in [0.1, 0.15) is 36.0 Å². The average Bonchev–Trinajstić information content (AvgIpc) is 3.22. The van der Waals surface area contributed by atoms with Crippen molar-refractivity contribution in [3.8, 4) is 5.75 Å². The van der Waals surface area contributed by atoms with Crippen molar-refractivity contribution in [3.05, 3.63) is 58.7 Å². The molecule has 35 heavy (non-hydrogen) atoms. The lowest BCUT2D eigenvalue weighted by atomic mass is 10.1. The van der Waals surface area contributed by atoms with Gasteiger partial charge in [0.05, 0.1) is 12.2 Å². The summed E-state index contributed by atoms with van der Waals surface area (Å²) in [7, 11) is 1.99. The van der Waals surface area contributed by atoms with E-state index in [0.29, 0.717) is 0 Å². The first-order valence-corrected chi connectivity index (χ1v) is 13.6. The van der Waals surface area contributed by atoms with Crippen LogP contribution in [0.25, 0.3) is 10.9 Å². The van der Waals surface area contributed by atoms with Crippen LogP contribution in [-0.2, 0) is 7.05 Å². The number of anilines is 1. The van der Waals surface area contributed by atoms with Crippen LogP contribution >= 0.6 is 15.9 Å². The van der Waals surface area contributed by atoms with Gasteiger partial charge in [-0.2, -0.15) is 0 Å². The first-order valence-electron chi connectivity index (χ1n) is 12.8. The van der Waals surface area contributed by atoms with Gasteiger partial charge >= 0.3 is 0 Å². The molecule has 0 atom stereocenters. The van der Waals surface area contributed by atoms with Gasteiger partial charge in [0.15, 0.2) is 0 Å². The minimum atomic E-state index is 0.113. The van der Waals surface area contributed by atoms with Crippen LogP contribution in [0, 0.1) is 0 Å². The molecule has 3 heterocycles. The van der Waals surface area contributed by atoms with Crippen LogP contribution in [0.2, 0.25) is 0 Å². The van der Waals surface area contributed by atoms with E-state index in [-0.39, 0.29) is 5.91 Å². The highest BCUT2D eigenvalue weighted by molar-refractivity contribution is 9.10. The van der Waals surface area contributed by atoms with Gasteiger partial charge in [-0.05, 0) is 74.8 Å². The molecule has 3 aromatic rings. The van der Waals surface area contributed by atoms with E-state index in [1.165, 1.54) is 38.0 Å². The van der Waals surface area contributed by atoms with Crippen LogP contribution in [-0.4, -0.2) is 72.7 Å². The minimum Gasteiger partial charge on any atom is -0.494 e. The second kappa shape index (κ2) is 11.0. The Morgan fingerprint density at radius 1 is 0.943 bits per heavy atom. The predicted molar refractivity (Wildman–Crippen MR) is 146 cm³/mol. The van der Waals surface area contributed by atoms with Gasteiger partial charge < -0.3 is 24.0 Å². The number of likely N-dealkylation sites (tertiary alicyclic amines) is 1. The standard InChI is InChI=1S/C28H35BrN4O2/c1-30-21-26(25-20-22(29)6-11-27(25)30)28(34)33-17-15-32(16-18-33)23-7-9-24(10-8-23)35-19-5-14-31-12-3-2-4-13-31/h6-11,20-21H,2-5,12-19H2,1H3. The number of piperazine rings is 1. The second-order valence-corrected chi connectivity index (χ2v) is 10.6. The summed E-state index contributed by atoms with van der Waals surface area (Å²) in [4.78, 5) is 20.2. The van der Waals surface area contributed by atoms with Crippen molar-refractivity contribution in [2.24, 2.45) is 7.05 Å². The molecule has 2 aliphatic heterocycles. The normalized spacial score (nSPS) is 17.2. The van der Waals surface area contributed by atoms with Crippen LogP contribution in [0.4, 0.5) is 5.69 Å². The molecule has 1 aromatic heterocycles. The third kappa shape index (κ3) is 5.67. The fourth-order valence-electron chi connectivity index (χ4n) is 5.29. The topological polar surface area (TPSA) is 41.0 Å². The lowest BCUT2D eigenvalue weighted by Gasteiger charge is -2.36. The van der Waals surface area contributed by atoms with E-state index in [4.69, 9.17) is 4.74 Å². The van der Waals surface area contributed by atoms with Gasteiger partial charge in [0.25, 0.3) is 5.91 Å². The maximum absolute atomic E-state index is 13.3. The van der Waals surface area contributed by atoms with Crippen molar-refractivity contribution in [1.82, 2.24) is 14.4 Å². The Labute approximate surface area is 216 Å². The SMILES string of the molecule is Cn1cc(C(=O)N2CCN(c3ccc(OCCCN4CCCCC4)cc3)CC2)c2cc(Br)ccc21. The van der Waals surface area contributed by atoms with E-state index in [0.717, 1.165) is 72.4 Å². The number of carbonyl (C=O) groups is 1. The lowest BCUT2D eigenvalue weighted by molar-refractivity contribution is 0.0748. The molecule has 2 aromatic carbocycles. The monoisotopic (exact) mass is 538 g/mol. The average molecular weight is 540 g/mol. The molecule has 0 spiro atoms. The summed E-state index contributed by atoms with van der Waals surface area (Å²) in [5, 5.41) is 1.00. The van der Waals surface area contributed by atoms with Gasteiger partial charge in [-0.3, -0.25) is 4.79 Å². The molecule has 1 amide bonds. The van der Waals surface area contributed by atoms with Crippen LogP contribution in [0.3, 0.4) is 0 Å². The van der Waals surface area contributed by atoms with Crippen LogP contribution in [0.15, 0.2) is 53.1 Å². The Hall–Kier alpha value is -2.51. The highest BCUT2D eigenvalue weighted by atomic mass is 79.9. The zero-order chi connectivity index (χ0) is 24.2. The Balaban J connectivity index is 1.11. The number of amides is 1. The number of aromatic nitrogens is 1. The van der Waals surface area contributed by atoms with E-state index in [1.807, 2.05) is 34.8 Å². The number of halogens is 1. The van der Waals surface area contributed by atoms with Crippen LogP contribution in [0.5, 0.6) is 5.75 Å². The van der Waals surface area contributed by atoms with E-state index < -0.39 is 0 Å². The Morgan fingerprint density at radius 3 is 2.43 bits per heavy atom. The number of hydrogen-bond donors (Lipinski definition) is 0. The summed E-state index contributed by atoms with van der Waals surface area (Å²) in [5.74, 6) is 1.05. The summed E-state index contributed by atoms with van der Waals surface area (Å²) < 4.78 is 9.00.